The molecule has 0 radical (unpaired) electrons. The molecule has 0 saturated carbocycles. The van der Waals surface area contributed by atoms with E-state index in [1.807, 2.05) is 67.8 Å². The van der Waals surface area contributed by atoms with E-state index in [0.29, 0.717) is 24.3 Å². The van der Waals surface area contributed by atoms with Gasteiger partial charge < -0.3 is 10.1 Å². The van der Waals surface area contributed by atoms with Crippen molar-refractivity contribution in [3.05, 3.63) is 83.7 Å². The molecule has 270 valence electrons. The lowest BCUT2D eigenvalue weighted by Gasteiger charge is -2.32. The number of carbonyl (C=O) groups excluding carboxylic acids is 1. The van der Waals surface area contributed by atoms with E-state index in [2.05, 4.69) is 43.9 Å². The summed E-state index contributed by atoms with van der Waals surface area (Å²) in [7, 11) is -1.43. The van der Waals surface area contributed by atoms with Gasteiger partial charge in [0.1, 0.15) is 23.4 Å². The highest BCUT2D eigenvalue weighted by Crippen LogP contribution is 2.39. The maximum absolute atomic E-state index is 13.6. The molecule has 5 heterocycles. The smallest absolute Gasteiger partial charge is 0.320 e. The Morgan fingerprint density at radius 3 is 2.59 bits per heavy atom. The molecule has 0 bridgehead atoms. The van der Waals surface area contributed by atoms with E-state index >= 15 is 0 Å². The van der Waals surface area contributed by atoms with Gasteiger partial charge in [0.25, 0.3) is 10.1 Å². The van der Waals surface area contributed by atoms with Crippen molar-refractivity contribution in [3.63, 3.8) is 0 Å². The number of fused-ring (bicyclic) bond motifs is 2. The highest BCUT2D eigenvalue weighted by molar-refractivity contribution is 7.85. The van der Waals surface area contributed by atoms with Crippen LogP contribution in [-0.4, -0.2) is 80.0 Å². The highest BCUT2D eigenvalue weighted by atomic mass is 32.2. The third kappa shape index (κ3) is 7.62. The van der Waals surface area contributed by atoms with Crippen molar-refractivity contribution in [1.29, 1.82) is 0 Å². The van der Waals surface area contributed by atoms with Gasteiger partial charge in [-0.05, 0) is 62.5 Å². The molecule has 1 aliphatic heterocycles. The van der Waals surface area contributed by atoms with Gasteiger partial charge in [-0.25, -0.2) is 9.48 Å². The molecule has 16 heteroatoms. The molecule has 4 aromatic heterocycles. The van der Waals surface area contributed by atoms with Crippen LogP contribution in [0.1, 0.15) is 87.3 Å². The standard InChI is InChI=1S/C35H44N10O5S/c1-35(2,3)30-19-32(45(41-30)23-20-36-43(21-23)17-18-49-51(5,47)48)38-34(46)37-27-13-14-29(26-10-7-6-9-25(26)27)50-24-12-15-31-39-40-33(44(31)22-24)28-11-8-16-42(28)4/h6-7,9-10,12,15,19-22,27-29H,8,11,13-14,16-18H2,1-5H3,(H2,37,38,46)/t27-,28-,29+/m0/s1. The van der Waals surface area contributed by atoms with Crippen molar-refractivity contribution in [2.24, 2.45) is 0 Å². The van der Waals surface area contributed by atoms with E-state index in [1.54, 1.807) is 21.8 Å². The number of likely N-dealkylation sites (tertiary alicyclic amines) is 1. The summed E-state index contributed by atoms with van der Waals surface area (Å²) in [5.74, 6) is 2.14. The van der Waals surface area contributed by atoms with Gasteiger partial charge in [0.15, 0.2) is 11.5 Å². The van der Waals surface area contributed by atoms with Gasteiger partial charge in [0, 0.05) is 11.5 Å². The van der Waals surface area contributed by atoms with Gasteiger partial charge in [0.2, 0.25) is 0 Å². The van der Waals surface area contributed by atoms with Crippen LogP contribution in [0.25, 0.3) is 11.3 Å². The summed E-state index contributed by atoms with van der Waals surface area (Å²) in [6.45, 7) is 7.36. The molecular weight excluding hydrogens is 673 g/mol. The van der Waals surface area contributed by atoms with Gasteiger partial charge in [-0.15, -0.1) is 10.2 Å². The minimum Gasteiger partial charge on any atom is -0.484 e. The van der Waals surface area contributed by atoms with E-state index in [9.17, 15) is 13.2 Å². The van der Waals surface area contributed by atoms with E-state index in [0.717, 1.165) is 59.7 Å². The van der Waals surface area contributed by atoms with Crippen LogP contribution >= 0.6 is 0 Å². The predicted octanol–water partition coefficient (Wildman–Crippen LogP) is 4.93. The van der Waals surface area contributed by atoms with Gasteiger partial charge in [-0.3, -0.25) is 23.5 Å². The molecular formula is C35H44N10O5S. The van der Waals surface area contributed by atoms with E-state index in [4.69, 9.17) is 14.0 Å². The van der Waals surface area contributed by atoms with Crippen LogP contribution in [0.3, 0.4) is 0 Å². The minimum absolute atomic E-state index is 0.0505. The molecule has 1 aromatic carbocycles. The molecule has 0 spiro atoms. The van der Waals surface area contributed by atoms with Crippen LogP contribution < -0.4 is 15.4 Å². The van der Waals surface area contributed by atoms with Crippen molar-refractivity contribution >= 4 is 27.6 Å². The zero-order valence-electron chi connectivity index (χ0n) is 29.5. The monoisotopic (exact) mass is 716 g/mol. The van der Waals surface area contributed by atoms with Crippen LogP contribution in [0.5, 0.6) is 5.75 Å². The fraction of sp³-hybridized carbons (Fsp3) is 0.457. The highest BCUT2D eigenvalue weighted by Gasteiger charge is 2.31. The van der Waals surface area contributed by atoms with Crippen LogP contribution in [0.4, 0.5) is 10.6 Å². The topological polar surface area (TPSA) is 163 Å². The normalized spacial score (nSPS) is 19.7. The predicted molar refractivity (Wildman–Crippen MR) is 190 cm³/mol. The summed E-state index contributed by atoms with van der Waals surface area (Å²) in [6, 6.07) is 13.4. The molecule has 15 nitrogen and oxygen atoms in total. The Balaban J connectivity index is 1.06. The Morgan fingerprint density at radius 2 is 1.84 bits per heavy atom. The fourth-order valence-electron chi connectivity index (χ4n) is 6.82. The summed E-state index contributed by atoms with van der Waals surface area (Å²) >= 11 is 0. The van der Waals surface area contributed by atoms with Gasteiger partial charge in [0.05, 0.1) is 55.8 Å². The number of aromatic nitrogens is 7. The Morgan fingerprint density at radius 1 is 1.04 bits per heavy atom. The molecule has 3 atom stereocenters. The van der Waals surface area contributed by atoms with E-state index in [1.165, 1.54) is 0 Å². The van der Waals surface area contributed by atoms with Crippen LogP contribution in [0.15, 0.2) is 61.1 Å². The number of pyridine rings is 1. The summed E-state index contributed by atoms with van der Waals surface area (Å²) in [4.78, 5) is 15.9. The number of nitrogens with zero attached hydrogens (tertiary/aromatic N) is 8. The number of amides is 2. The maximum Gasteiger partial charge on any atom is 0.320 e. The third-order valence-electron chi connectivity index (χ3n) is 9.44. The number of rotatable bonds is 10. The molecule has 1 fully saturated rings. The lowest BCUT2D eigenvalue weighted by Crippen LogP contribution is -2.36. The first-order valence-electron chi connectivity index (χ1n) is 17.2. The quantitative estimate of drug-likeness (QED) is 0.190. The molecule has 51 heavy (non-hydrogen) atoms. The first-order chi connectivity index (χ1) is 24.3. The molecule has 2 N–H and O–H groups in total. The SMILES string of the molecule is CN1CCC[C@H]1c1nnc2ccc(O[C@@H]3CC[C@H](NC(=O)Nc4cc(C(C)(C)C)nn4-c4cnn(CCOS(C)(=O)=O)c4)c4ccccc43)cn12. The summed E-state index contributed by atoms with van der Waals surface area (Å²) in [5, 5.41) is 24.2. The molecule has 2 amide bonds. The number of anilines is 1. The first kappa shape index (κ1) is 34.6. The van der Waals surface area contributed by atoms with Crippen molar-refractivity contribution in [2.45, 2.75) is 76.6 Å². The number of urea groups is 1. The Kier molecular flexibility index (Phi) is 9.32. The Hall–Kier alpha value is -4.80. The largest absolute Gasteiger partial charge is 0.484 e. The molecule has 7 rings (SSSR count). The molecule has 0 unspecified atom stereocenters. The molecule has 5 aromatic rings. The van der Waals surface area contributed by atoms with E-state index in [-0.39, 0.29) is 42.8 Å². The minimum atomic E-state index is -3.56. The lowest BCUT2D eigenvalue weighted by molar-refractivity contribution is 0.171. The maximum atomic E-state index is 13.6. The van der Waals surface area contributed by atoms with Crippen molar-refractivity contribution in [1.82, 2.24) is 44.4 Å². The summed E-state index contributed by atoms with van der Waals surface area (Å²) in [6.07, 6.45) is 9.70. The first-order valence-corrected chi connectivity index (χ1v) is 19.0. The lowest BCUT2D eigenvalue weighted by atomic mass is 9.85. The number of hydrogen-bond donors (Lipinski definition) is 2. The average Bonchev–Trinajstić information content (AvgIpc) is 3.88. The second-order valence-corrected chi connectivity index (χ2v) is 16.0. The Bertz CT molecular complexity index is 2150. The number of benzene rings is 1. The molecule has 1 saturated heterocycles. The third-order valence-corrected chi connectivity index (χ3v) is 10.0. The zero-order valence-corrected chi connectivity index (χ0v) is 30.3. The number of nitrogens with one attached hydrogen (secondary N) is 2. The number of carbonyl (C=O) groups is 1. The van der Waals surface area contributed by atoms with E-state index < -0.39 is 10.1 Å². The molecule has 2 aliphatic rings. The summed E-state index contributed by atoms with van der Waals surface area (Å²) < 4.78 is 39.4. The van der Waals surface area contributed by atoms with Gasteiger partial charge in [-0.1, -0.05) is 45.0 Å². The van der Waals surface area contributed by atoms with Crippen LogP contribution in [-0.2, 0) is 26.3 Å². The Labute approximate surface area is 297 Å². The van der Waals surface area contributed by atoms with Crippen LogP contribution in [0, 0.1) is 0 Å². The van der Waals surface area contributed by atoms with Gasteiger partial charge >= 0.3 is 6.03 Å². The summed E-state index contributed by atoms with van der Waals surface area (Å²) in [5.41, 5.74) is 3.92. The van der Waals surface area contributed by atoms with Crippen molar-refractivity contribution in [2.75, 3.05) is 31.8 Å². The average molecular weight is 717 g/mol. The van der Waals surface area contributed by atoms with Crippen molar-refractivity contribution in [3.8, 4) is 11.4 Å². The number of ether oxygens (including phenoxy) is 1. The van der Waals surface area contributed by atoms with Crippen molar-refractivity contribution < 1.29 is 22.1 Å². The number of hydrogen-bond acceptors (Lipinski definition) is 10. The second-order valence-electron chi connectivity index (χ2n) is 14.3. The zero-order chi connectivity index (χ0) is 35.9. The van der Waals surface area contributed by atoms with Crippen LogP contribution in [0.2, 0.25) is 0 Å². The molecule has 1 aliphatic carbocycles. The van der Waals surface area contributed by atoms with Gasteiger partial charge in [-0.2, -0.15) is 18.6 Å². The fourth-order valence-corrected chi connectivity index (χ4v) is 7.20. The second kappa shape index (κ2) is 13.7.